The molecule has 6 nitrogen and oxygen atoms in total. The minimum absolute atomic E-state index is 0.150. The molecular weight excluding hydrogens is 522 g/mol. The fraction of sp³-hybridized carbons (Fsp3) is 0.222. The van der Waals surface area contributed by atoms with Gasteiger partial charge in [0.15, 0.2) is 5.69 Å². The summed E-state index contributed by atoms with van der Waals surface area (Å²) in [5.74, 6) is 0.395. The molecule has 1 aliphatic carbocycles. The molecule has 0 N–H and O–H groups in total. The van der Waals surface area contributed by atoms with E-state index in [1.165, 1.54) is 11.3 Å². The van der Waals surface area contributed by atoms with Crippen LogP contribution in [0.15, 0.2) is 91.5 Å². The van der Waals surface area contributed by atoms with Crippen LogP contribution in [0.5, 0.6) is 0 Å². The number of hydrogen-bond acceptors (Lipinski definition) is 4. The van der Waals surface area contributed by atoms with Crippen molar-refractivity contribution >= 4 is 39.2 Å². The number of allylic oxidation sites excluding steroid dienone is 2. The number of hydrogen-bond donors (Lipinski definition) is 0. The maximum Gasteiger partial charge on any atom is 0.297 e. The molecule has 2 aromatic carbocycles. The van der Waals surface area contributed by atoms with E-state index in [1.54, 1.807) is 4.68 Å². The summed E-state index contributed by atoms with van der Waals surface area (Å²) in [6, 6.07) is 17.8. The zero-order valence-corrected chi connectivity index (χ0v) is 22.0. The molecule has 5 rings (SSSR count). The van der Waals surface area contributed by atoms with Crippen LogP contribution in [0, 0.1) is 12.8 Å². The van der Waals surface area contributed by atoms with Gasteiger partial charge in [0.2, 0.25) is 4.80 Å². The molecule has 2 aromatic heterocycles. The minimum Gasteiger partial charge on any atom is -0.283 e. The first-order valence-corrected chi connectivity index (χ1v) is 13.2. The molecule has 8 heteroatoms. The van der Waals surface area contributed by atoms with Crippen molar-refractivity contribution in [2.75, 3.05) is 0 Å². The molecule has 0 amide bonds. The number of halogens is 1. The van der Waals surface area contributed by atoms with E-state index in [1.807, 2.05) is 77.4 Å². The highest BCUT2D eigenvalue weighted by Gasteiger charge is 2.17. The van der Waals surface area contributed by atoms with Crippen LogP contribution in [0.1, 0.15) is 25.0 Å². The van der Waals surface area contributed by atoms with E-state index in [4.69, 9.17) is 10.1 Å². The molecule has 0 aliphatic heterocycles. The summed E-state index contributed by atoms with van der Waals surface area (Å²) < 4.78 is 6.39. The minimum atomic E-state index is -0.150. The summed E-state index contributed by atoms with van der Waals surface area (Å²) in [5.41, 5.74) is 3.86. The number of para-hydroxylation sites is 1. The highest BCUT2D eigenvalue weighted by Crippen LogP contribution is 2.24. The van der Waals surface area contributed by atoms with E-state index < -0.39 is 0 Å². The maximum atomic E-state index is 13.4. The van der Waals surface area contributed by atoms with Crippen molar-refractivity contribution in [3.8, 4) is 16.9 Å². The number of benzene rings is 2. The Morgan fingerprint density at radius 2 is 1.86 bits per heavy atom. The lowest BCUT2D eigenvalue weighted by molar-refractivity contribution is 0.622. The van der Waals surface area contributed by atoms with Crippen molar-refractivity contribution in [2.45, 2.75) is 26.2 Å². The molecule has 0 fully saturated rings. The van der Waals surface area contributed by atoms with Crippen LogP contribution in [-0.2, 0) is 7.05 Å². The average Bonchev–Trinajstić information content (AvgIpc) is 3.38. The lowest BCUT2D eigenvalue weighted by atomic mass is 9.96. The standard InChI is InChI=1S/C27H26BrN5OS/c1-19-25(26(34)33(31(19)2)23-11-7-4-8-12-23)30-27-32(29-17-20-9-5-3-6-10-20)24(18-35-27)21-13-15-22(28)16-14-21/h3-5,7-8,11-18,20H,6,9-10H2,1-2H3. The quantitative estimate of drug-likeness (QED) is 0.217. The molecule has 0 saturated heterocycles. The molecule has 178 valence electrons. The highest BCUT2D eigenvalue weighted by atomic mass is 79.9. The van der Waals surface area contributed by atoms with Crippen molar-refractivity contribution in [1.82, 2.24) is 14.0 Å². The molecule has 1 atom stereocenters. The number of thiazole rings is 1. The highest BCUT2D eigenvalue weighted by molar-refractivity contribution is 9.10. The van der Waals surface area contributed by atoms with Gasteiger partial charge in [0.05, 0.1) is 17.1 Å². The molecule has 2 heterocycles. The van der Waals surface area contributed by atoms with E-state index in [0.29, 0.717) is 16.4 Å². The van der Waals surface area contributed by atoms with Crippen LogP contribution >= 0.6 is 27.3 Å². The van der Waals surface area contributed by atoms with E-state index in [2.05, 4.69) is 40.2 Å². The Hall–Kier alpha value is -3.23. The van der Waals surface area contributed by atoms with E-state index in [9.17, 15) is 4.79 Å². The molecule has 4 aromatic rings. The van der Waals surface area contributed by atoms with Gasteiger partial charge in [-0.3, -0.25) is 9.48 Å². The second kappa shape index (κ2) is 10.2. The van der Waals surface area contributed by atoms with Crippen LogP contribution in [-0.4, -0.2) is 20.3 Å². The summed E-state index contributed by atoms with van der Waals surface area (Å²) >= 11 is 5.00. The smallest absolute Gasteiger partial charge is 0.283 e. The first kappa shape index (κ1) is 23.5. The molecule has 1 aliphatic rings. The largest absolute Gasteiger partial charge is 0.297 e. The van der Waals surface area contributed by atoms with Gasteiger partial charge < -0.3 is 0 Å². The molecule has 1 unspecified atom stereocenters. The number of nitrogens with zero attached hydrogens (tertiary/aromatic N) is 5. The van der Waals surface area contributed by atoms with Gasteiger partial charge in [0.1, 0.15) is 0 Å². The van der Waals surface area contributed by atoms with Gasteiger partial charge in [-0.1, -0.05) is 58.4 Å². The monoisotopic (exact) mass is 547 g/mol. The third-order valence-corrected chi connectivity index (χ3v) is 7.60. The fourth-order valence-electron chi connectivity index (χ4n) is 4.20. The van der Waals surface area contributed by atoms with Gasteiger partial charge in [0, 0.05) is 28.7 Å². The molecule has 35 heavy (non-hydrogen) atoms. The second-order valence-corrected chi connectivity index (χ2v) is 10.3. The van der Waals surface area contributed by atoms with E-state index in [0.717, 1.165) is 46.4 Å². The summed E-state index contributed by atoms with van der Waals surface area (Å²) in [4.78, 5) is 19.0. The van der Waals surface area contributed by atoms with Gasteiger partial charge in [-0.05, 0) is 56.4 Å². The Kier molecular flexibility index (Phi) is 6.83. The fourth-order valence-corrected chi connectivity index (χ4v) is 5.31. The normalized spacial score (nSPS) is 16.4. The van der Waals surface area contributed by atoms with Gasteiger partial charge in [-0.15, -0.1) is 11.3 Å². The maximum absolute atomic E-state index is 13.4. The average molecular weight is 549 g/mol. The Morgan fingerprint density at radius 1 is 1.09 bits per heavy atom. The van der Waals surface area contributed by atoms with E-state index >= 15 is 0 Å². The Bertz CT molecular complexity index is 1520. The van der Waals surface area contributed by atoms with Crippen molar-refractivity contribution in [3.05, 3.63) is 97.5 Å². The van der Waals surface area contributed by atoms with Crippen molar-refractivity contribution in [2.24, 2.45) is 23.1 Å². The summed E-state index contributed by atoms with van der Waals surface area (Å²) in [6.07, 6.45) is 9.63. The summed E-state index contributed by atoms with van der Waals surface area (Å²) in [5, 5.41) is 6.93. The number of aromatic nitrogens is 3. The lowest BCUT2D eigenvalue weighted by Crippen LogP contribution is -2.20. The summed E-state index contributed by atoms with van der Waals surface area (Å²) in [6.45, 7) is 1.92. The third-order valence-electron chi connectivity index (χ3n) is 6.26. The van der Waals surface area contributed by atoms with Crippen LogP contribution in [0.25, 0.3) is 16.9 Å². The summed E-state index contributed by atoms with van der Waals surface area (Å²) in [7, 11) is 1.88. The van der Waals surface area contributed by atoms with Gasteiger partial charge in [0.25, 0.3) is 5.56 Å². The zero-order valence-electron chi connectivity index (χ0n) is 19.6. The Labute approximate surface area is 216 Å². The molecule has 0 saturated carbocycles. The molecular formula is C27H26BrN5OS. The van der Waals surface area contributed by atoms with Crippen LogP contribution < -0.4 is 10.4 Å². The Balaban J connectivity index is 1.65. The molecule has 0 radical (unpaired) electrons. The van der Waals surface area contributed by atoms with Crippen molar-refractivity contribution in [1.29, 1.82) is 0 Å². The van der Waals surface area contributed by atoms with Gasteiger partial charge in [-0.25, -0.2) is 14.4 Å². The third kappa shape index (κ3) is 4.81. The van der Waals surface area contributed by atoms with Crippen LogP contribution in [0.4, 0.5) is 5.69 Å². The second-order valence-electron chi connectivity index (χ2n) is 8.55. The predicted octanol–water partition coefficient (Wildman–Crippen LogP) is 6.20. The van der Waals surface area contributed by atoms with Crippen LogP contribution in [0.2, 0.25) is 0 Å². The first-order valence-electron chi connectivity index (χ1n) is 11.6. The predicted molar refractivity (Wildman–Crippen MR) is 147 cm³/mol. The van der Waals surface area contributed by atoms with E-state index in [-0.39, 0.29) is 5.56 Å². The zero-order chi connectivity index (χ0) is 24.4. The SMILES string of the molecule is Cc1c(N=c2scc(-c3ccc(Br)cc3)n2N=CC2CC=CCC2)c(=O)n(-c2ccccc2)n1C. The molecule has 0 bridgehead atoms. The number of rotatable bonds is 5. The Morgan fingerprint density at radius 3 is 2.57 bits per heavy atom. The van der Waals surface area contributed by atoms with Crippen LogP contribution in [0.3, 0.4) is 0 Å². The topological polar surface area (TPSA) is 56.6 Å². The van der Waals surface area contributed by atoms with Crippen molar-refractivity contribution < 1.29 is 0 Å². The van der Waals surface area contributed by atoms with Gasteiger partial charge >= 0.3 is 0 Å². The van der Waals surface area contributed by atoms with Gasteiger partial charge in [-0.2, -0.15) is 5.10 Å². The van der Waals surface area contributed by atoms with Crippen molar-refractivity contribution in [3.63, 3.8) is 0 Å². The lowest BCUT2D eigenvalue weighted by Gasteiger charge is -2.12. The first-order chi connectivity index (χ1) is 17.0. The molecule has 0 spiro atoms.